The average Bonchev–Trinajstić information content (AvgIpc) is 3.58. The second-order valence-corrected chi connectivity index (χ2v) is 11.9. The fourth-order valence-electron chi connectivity index (χ4n) is 5.12. The number of fused-ring (bicyclic) bond motifs is 1. The van der Waals surface area contributed by atoms with E-state index in [0.29, 0.717) is 46.5 Å². The van der Waals surface area contributed by atoms with Gasteiger partial charge in [-0.2, -0.15) is 5.10 Å². The molecule has 6 rings (SSSR count). The second kappa shape index (κ2) is 10.8. The van der Waals surface area contributed by atoms with Gasteiger partial charge in [-0.1, -0.05) is 0 Å². The Labute approximate surface area is 239 Å². The summed E-state index contributed by atoms with van der Waals surface area (Å²) in [5.74, 6) is -1.77. The van der Waals surface area contributed by atoms with Crippen LogP contribution in [0.4, 0.5) is 14.5 Å². The molecular weight excluding hydrogens is 570 g/mol. The lowest BCUT2D eigenvalue weighted by molar-refractivity contribution is -0.0718. The van der Waals surface area contributed by atoms with Crippen molar-refractivity contribution in [3.05, 3.63) is 72.4 Å². The van der Waals surface area contributed by atoms with Crippen LogP contribution in [0.2, 0.25) is 0 Å². The normalized spacial score (nSPS) is 18.0. The van der Waals surface area contributed by atoms with Crippen molar-refractivity contribution in [3.63, 3.8) is 0 Å². The number of aromatic nitrogens is 4. The van der Waals surface area contributed by atoms with Crippen LogP contribution in [-0.2, 0) is 21.3 Å². The van der Waals surface area contributed by atoms with E-state index >= 15 is 0 Å². The molecule has 1 aliphatic rings. The lowest BCUT2D eigenvalue weighted by Gasteiger charge is -2.34. The molecule has 0 amide bonds. The quantitative estimate of drug-likeness (QED) is 0.244. The van der Waals surface area contributed by atoms with E-state index in [9.17, 15) is 22.3 Å². The molecule has 5 aromatic rings. The molecule has 218 valence electrons. The highest BCUT2D eigenvalue weighted by Gasteiger charge is 2.25. The van der Waals surface area contributed by atoms with Crippen LogP contribution < -0.4 is 4.72 Å². The second-order valence-electron chi connectivity index (χ2n) is 10.2. The summed E-state index contributed by atoms with van der Waals surface area (Å²) in [6.07, 6.45) is 4.91. The molecule has 0 unspecified atom stereocenters. The number of anilines is 1. The van der Waals surface area contributed by atoms with Gasteiger partial charge in [-0.15, -0.1) is 0 Å². The topological polar surface area (TPSA) is 146 Å². The molecule has 14 heteroatoms. The summed E-state index contributed by atoms with van der Waals surface area (Å²) >= 11 is 0. The molecule has 4 heterocycles. The number of pyridine rings is 1. The van der Waals surface area contributed by atoms with Crippen LogP contribution in [0.1, 0.15) is 19.6 Å². The number of aromatic hydroxyl groups is 1. The number of sulfonamides is 1. The Balaban J connectivity index is 1.32. The molecule has 11 nitrogen and oxygen atoms in total. The van der Waals surface area contributed by atoms with Crippen LogP contribution in [-0.4, -0.2) is 63.9 Å². The maximum absolute atomic E-state index is 14.2. The minimum atomic E-state index is -4.52. The van der Waals surface area contributed by atoms with E-state index in [1.807, 2.05) is 13.8 Å². The number of hydrogen-bond donors (Lipinski definition) is 3. The van der Waals surface area contributed by atoms with Gasteiger partial charge in [0.2, 0.25) is 11.8 Å². The summed E-state index contributed by atoms with van der Waals surface area (Å²) in [4.78, 5) is 9.89. The highest BCUT2D eigenvalue weighted by molar-refractivity contribution is 7.92. The first-order valence-corrected chi connectivity index (χ1v) is 14.5. The Bertz CT molecular complexity index is 1880. The molecule has 0 aliphatic carbocycles. The van der Waals surface area contributed by atoms with Gasteiger partial charge in [0.05, 0.1) is 36.7 Å². The van der Waals surface area contributed by atoms with Gasteiger partial charge in [-0.3, -0.25) is 14.7 Å². The number of morpholine rings is 1. The number of benzene rings is 2. The molecule has 1 aliphatic heterocycles. The molecule has 3 N–H and O–H groups in total. The SMILES string of the molecule is C[C@@H]1CN(Cc2cnc(-c3cc(-c4cnc(O)c(NS(=O)(=O)c5ccc(F)cc5F)c4)cc4[nH]ncc34)o2)C[C@H](C)O1. The Morgan fingerprint density at radius 1 is 1.05 bits per heavy atom. The Morgan fingerprint density at radius 2 is 1.83 bits per heavy atom. The van der Waals surface area contributed by atoms with Gasteiger partial charge in [-0.25, -0.2) is 27.2 Å². The van der Waals surface area contributed by atoms with Crippen molar-refractivity contribution in [2.24, 2.45) is 0 Å². The molecule has 0 saturated carbocycles. The lowest BCUT2D eigenvalue weighted by atomic mass is 10.0. The van der Waals surface area contributed by atoms with Gasteiger partial charge >= 0.3 is 0 Å². The summed E-state index contributed by atoms with van der Waals surface area (Å²) in [6, 6.07) is 7.00. The molecule has 3 aromatic heterocycles. The molecule has 0 radical (unpaired) electrons. The number of aromatic amines is 1. The predicted molar refractivity (Wildman–Crippen MR) is 149 cm³/mol. The minimum absolute atomic E-state index is 0.112. The van der Waals surface area contributed by atoms with Gasteiger partial charge < -0.3 is 14.3 Å². The van der Waals surface area contributed by atoms with Crippen LogP contribution in [0.3, 0.4) is 0 Å². The number of H-pyrrole nitrogens is 1. The van der Waals surface area contributed by atoms with E-state index in [1.54, 1.807) is 24.5 Å². The smallest absolute Gasteiger partial charge is 0.264 e. The molecule has 42 heavy (non-hydrogen) atoms. The van der Waals surface area contributed by atoms with Crippen molar-refractivity contribution in [1.82, 2.24) is 25.1 Å². The summed E-state index contributed by atoms with van der Waals surface area (Å²) in [6.45, 7) is 6.18. The third-order valence-corrected chi connectivity index (χ3v) is 8.24. The minimum Gasteiger partial charge on any atom is -0.492 e. The Morgan fingerprint density at radius 3 is 2.60 bits per heavy atom. The number of halogens is 2. The van der Waals surface area contributed by atoms with Crippen molar-refractivity contribution in [1.29, 1.82) is 0 Å². The Kier molecular flexibility index (Phi) is 7.12. The van der Waals surface area contributed by atoms with E-state index in [0.717, 1.165) is 30.6 Å². The van der Waals surface area contributed by atoms with Crippen LogP contribution in [0, 0.1) is 11.6 Å². The molecule has 2 atom stereocenters. The summed E-state index contributed by atoms with van der Waals surface area (Å²) < 4.78 is 67.3. The fourth-order valence-corrected chi connectivity index (χ4v) is 6.23. The highest BCUT2D eigenvalue weighted by atomic mass is 32.2. The number of nitrogens with zero attached hydrogens (tertiary/aromatic N) is 4. The van der Waals surface area contributed by atoms with E-state index in [1.165, 1.54) is 12.3 Å². The molecule has 1 fully saturated rings. The molecular formula is C28H26F2N6O5S. The van der Waals surface area contributed by atoms with Gasteiger partial charge in [0.1, 0.15) is 28.0 Å². The van der Waals surface area contributed by atoms with Crippen molar-refractivity contribution >= 4 is 26.6 Å². The van der Waals surface area contributed by atoms with Gasteiger partial charge in [0, 0.05) is 41.9 Å². The average molecular weight is 597 g/mol. The van der Waals surface area contributed by atoms with Crippen LogP contribution in [0.25, 0.3) is 33.5 Å². The highest BCUT2D eigenvalue weighted by Crippen LogP contribution is 2.36. The largest absolute Gasteiger partial charge is 0.492 e. The molecule has 2 aromatic carbocycles. The van der Waals surface area contributed by atoms with Gasteiger partial charge in [0.25, 0.3) is 10.0 Å². The number of rotatable bonds is 7. The lowest BCUT2D eigenvalue weighted by Crippen LogP contribution is -2.44. The zero-order valence-electron chi connectivity index (χ0n) is 22.5. The Hall–Kier alpha value is -4.40. The first-order valence-electron chi connectivity index (χ1n) is 13.0. The van der Waals surface area contributed by atoms with Crippen molar-refractivity contribution in [3.8, 4) is 28.5 Å². The van der Waals surface area contributed by atoms with Crippen molar-refractivity contribution < 1.29 is 31.5 Å². The zero-order chi connectivity index (χ0) is 29.6. The van der Waals surface area contributed by atoms with Crippen LogP contribution >= 0.6 is 0 Å². The maximum atomic E-state index is 14.2. The predicted octanol–water partition coefficient (Wildman–Crippen LogP) is 4.67. The van der Waals surface area contributed by atoms with E-state index < -0.39 is 32.4 Å². The summed E-state index contributed by atoms with van der Waals surface area (Å²) in [5.41, 5.74) is 2.00. The van der Waals surface area contributed by atoms with Crippen LogP contribution in [0.15, 0.2) is 64.3 Å². The van der Waals surface area contributed by atoms with E-state index in [2.05, 4.69) is 29.8 Å². The number of nitrogens with one attached hydrogen (secondary N) is 2. The van der Waals surface area contributed by atoms with Gasteiger partial charge in [0.15, 0.2) is 0 Å². The molecule has 1 saturated heterocycles. The third kappa shape index (κ3) is 5.55. The zero-order valence-corrected chi connectivity index (χ0v) is 23.3. The monoisotopic (exact) mass is 596 g/mol. The molecule has 0 spiro atoms. The van der Waals surface area contributed by atoms with Crippen LogP contribution in [0.5, 0.6) is 5.88 Å². The summed E-state index contributed by atoms with van der Waals surface area (Å²) in [7, 11) is -4.52. The van der Waals surface area contributed by atoms with E-state index in [-0.39, 0.29) is 17.9 Å². The number of oxazole rings is 1. The third-order valence-electron chi connectivity index (χ3n) is 6.85. The summed E-state index contributed by atoms with van der Waals surface area (Å²) in [5, 5.41) is 18.1. The van der Waals surface area contributed by atoms with Gasteiger partial charge in [-0.05, 0) is 49.7 Å². The van der Waals surface area contributed by atoms with Crippen molar-refractivity contribution in [2.75, 3.05) is 17.8 Å². The first-order chi connectivity index (χ1) is 20.1. The molecule has 0 bridgehead atoms. The standard InChI is InChI=1S/C28H26F2N6O5S/c1-15-12-36(13-16(2)40-15)14-20-10-32-28(41-20)21-5-17(6-24-22(21)11-33-34-24)18-7-25(27(37)31-9-18)35-42(38,39)26-4-3-19(29)8-23(26)30/h3-11,15-16,35H,12-14H2,1-2H3,(H,31,37)(H,33,34)/t15-,16+. The first kappa shape index (κ1) is 27.8. The van der Waals surface area contributed by atoms with Crippen molar-refractivity contribution in [2.45, 2.75) is 37.5 Å². The number of hydrogen-bond acceptors (Lipinski definition) is 9. The van der Waals surface area contributed by atoms with E-state index in [4.69, 9.17) is 9.15 Å². The fraction of sp³-hybridized carbons (Fsp3) is 0.250. The maximum Gasteiger partial charge on any atom is 0.264 e. The number of ether oxygens (including phenoxy) is 1.